The number of pyridine rings is 1. The minimum absolute atomic E-state index is 0. The first-order valence-corrected chi connectivity index (χ1v) is 11.0. The maximum atomic E-state index is 10.9. The Morgan fingerprint density at radius 3 is 1.93 bits per heavy atom. The summed E-state index contributed by atoms with van der Waals surface area (Å²) in [6.45, 7) is 14.0. The first-order chi connectivity index (χ1) is 13.5. The van der Waals surface area contributed by atoms with Gasteiger partial charge in [-0.1, -0.05) is 54.4 Å². The standard InChI is InChI=1S/C26H39NO2.ClH/c1-25(2,3)22-16-21(17-23(24(22)29)26(4,5)6)19-27-14-11-13-20(18-27)12-9-7-8-10-15-28;/h11,13-14,16-18,28H,7-10,12,15,19H2,1-6H3;1H. The van der Waals surface area contributed by atoms with Crippen LogP contribution in [0.2, 0.25) is 0 Å². The molecule has 4 heteroatoms. The van der Waals surface area contributed by atoms with E-state index in [1.165, 1.54) is 11.1 Å². The highest BCUT2D eigenvalue weighted by molar-refractivity contribution is 5.49. The largest absolute Gasteiger partial charge is 1.00 e. The second-order valence-corrected chi connectivity index (χ2v) is 10.3. The average Bonchev–Trinajstić information content (AvgIpc) is 2.61. The predicted octanol–water partition coefficient (Wildman–Crippen LogP) is 2.42. The Bertz CT molecular complexity index is 768. The predicted molar refractivity (Wildman–Crippen MR) is 121 cm³/mol. The highest BCUT2D eigenvalue weighted by atomic mass is 35.5. The monoisotopic (exact) mass is 433 g/mol. The number of aryl methyl sites for hydroxylation is 1. The number of phenols is 1. The fourth-order valence-electron chi connectivity index (χ4n) is 3.76. The van der Waals surface area contributed by atoms with Gasteiger partial charge in [-0.25, -0.2) is 4.57 Å². The highest BCUT2D eigenvalue weighted by Crippen LogP contribution is 2.39. The maximum Gasteiger partial charge on any atom is 0.173 e. The number of nitrogens with zero attached hydrogens (tertiary/aromatic N) is 1. The first kappa shape index (κ1) is 26.5. The van der Waals surface area contributed by atoms with Crippen LogP contribution in [0.25, 0.3) is 0 Å². The van der Waals surface area contributed by atoms with E-state index >= 15 is 0 Å². The number of rotatable bonds is 8. The molecule has 168 valence electrons. The topological polar surface area (TPSA) is 44.3 Å². The summed E-state index contributed by atoms with van der Waals surface area (Å²) in [5, 5.41) is 19.8. The van der Waals surface area contributed by atoms with E-state index in [2.05, 4.69) is 82.8 Å². The quantitative estimate of drug-likeness (QED) is 0.496. The third-order valence-electron chi connectivity index (χ3n) is 5.44. The second kappa shape index (κ2) is 11.2. The molecule has 0 spiro atoms. The number of aromatic nitrogens is 1. The van der Waals surface area contributed by atoms with Gasteiger partial charge in [0.15, 0.2) is 18.9 Å². The third-order valence-corrected chi connectivity index (χ3v) is 5.44. The average molecular weight is 434 g/mol. The number of benzene rings is 1. The number of unbranched alkanes of at least 4 members (excludes halogenated alkanes) is 3. The molecule has 1 aromatic heterocycles. The van der Waals surface area contributed by atoms with Gasteiger partial charge in [0.25, 0.3) is 0 Å². The summed E-state index contributed by atoms with van der Waals surface area (Å²) in [5.41, 5.74) is 4.38. The summed E-state index contributed by atoms with van der Waals surface area (Å²) in [6, 6.07) is 8.65. The van der Waals surface area contributed by atoms with Gasteiger partial charge in [0.2, 0.25) is 0 Å². The van der Waals surface area contributed by atoms with Crippen LogP contribution in [0.4, 0.5) is 0 Å². The Labute approximate surface area is 189 Å². The Hall–Kier alpha value is -1.58. The zero-order valence-electron chi connectivity index (χ0n) is 19.6. The molecule has 1 aromatic carbocycles. The van der Waals surface area contributed by atoms with Crippen LogP contribution in [0.1, 0.15) is 89.5 Å². The van der Waals surface area contributed by atoms with Crippen LogP contribution in [0.15, 0.2) is 36.7 Å². The van der Waals surface area contributed by atoms with Gasteiger partial charge in [0.05, 0.1) is 0 Å². The Morgan fingerprint density at radius 1 is 0.833 bits per heavy atom. The number of aliphatic hydroxyl groups excluding tert-OH is 1. The molecule has 2 N–H and O–H groups in total. The Kier molecular flexibility index (Phi) is 9.84. The van der Waals surface area contributed by atoms with E-state index in [0.29, 0.717) is 12.4 Å². The highest BCUT2D eigenvalue weighted by Gasteiger charge is 2.27. The number of aromatic hydroxyl groups is 1. The molecule has 1 heterocycles. The van der Waals surface area contributed by atoms with E-state index in [9.17, 15) is 5.11 Å². The van der Waals surface area contributed by atoms with Crippen molar-refractivity contribution < 1.29 is 27.2 Å². The van der Waals surface area contributed by atoms with Crippen LogP contribution >= 0.6 is 0 Å². The van der Waals surface area contributed by atoms with E-state index < -0.39 is 0 Å². The number of phenolic OH excluding ortho intramolecular Hbond substituents is 1. The number of aliphatic hydroxyl groups is 1. The normalized spacial score (nSPS) is 12.0. The summed E-state index contributed by atoms with van der Waals surface area (Å²) in [7, 11) is 0. The molecule has 0 bridgehead atoms. The Morgan fingerprint density at radius 2 is 1.40 bits per heavy atom. The van der Waals surface area contributed by atoms with Gasteiger partial charge in [0, 0.05) is 34.9 Å². The molecule has 0 aliphatic rings. The SMILES string of the molecule is CC(C)(C)c1cc(C[n+]2cccc(CCCCCCO)c2)cc(C(C)(C)C)c1O.[Cl-]. The van der Waals surface area contributed by atoms with Crippen molar-refractivity contribution in [2.24, 2.45) is 0 Å². The van der Waals surface area contributed by atoms with E-state index in [4.69, 9.17) is 5.11 Å². The van der Waals surface area contributed by atoms with E-state index in [-0.39, 0.29) is 23.2 Å². The van der Waals surface area contributed by atoms with Gasteiger partial charge < -0.3 is 22.6 Å². The molecule has 0 atom stereocenters. The molecule has 0 radical (unpaired) electrons. The summed E-state index contributed by atoms with van der Waals surface area (Å²) in [5.74, 6) is 0.440. The molecule has 0 saturated carbocycles. The fourth-order valence-corrected chi connectivity index (χ4v) is 3.76. The number of halogens is 1. The molecule has 0 saturated heterocycles. The van der Waals surface area contributed by atoms with Crippen LogP contribution in [0.5, 0.6) is 5.75 Å². The van der Waals surface area contributed by atoms with Crippen molar-refractivity contribution in [3.63, 3.8) is 0 Å². The zero-order valence-corrected chi connectivity index (χ0v) is 20.4. The number of hydrogen-bond acceptors (Lipinski definition) is 2. The summed E-state index contributed by atoms with van der Waals surface area (Å²) in [4.78, 5) is 0. The van der Waals surface area contributed by atoms with Crippen molar-refractivity contribution in [3.8, 4) is 5.75 Å². The molecule has 0 aliphatic heterocycles. The van der Waals surface area contributed by atoms with Crippen molar-refractivity contribution in [3.05, 3.63) is 58.9 Å². The zero-order chi connectivity index (χ0) is 21.7. The lowest BCUT2D eigenvalue weighted by Crippen LogP contribution is -3.00. The molecule has 2 aromatic rings. The van der Waals surface area contributed by atoms with Crippen molar-refractivity contribution >= 4 is 0 Å². The van der Waals surface area contributed by atoms with Gasteiger partial charge in [-0.05, 0) is 48.3 Å². The van der Waals surface area contributed by atoms with Crippen molar-refractivity contribution in [2.45, 2.75) is 91.0 Å². The van der Waals surface area contributed by atoms with E-state index in [0.717, 1.165) is 49.8 Å². The van der Waals surface area contributed by atoms with Crippen molar-refractivity contribution in [1.82, 2.24) is 0 Å². The molecular weight excluding hydrogens is 394 g/mol. The van der Waals surface area contributed by atoms with Crippen LogP contribution < -0.4 is 17.0 Å². The maximum absolute atomic E-state index is 10.9. The molecule has 30 heavy (non-hydrogen) atoms. The molecular formula is C26H40ClNO2. The Balaban J connectivity index is 0.00000450. The van der Waals surface area contributed by atoms with Crippen LogP contribution in [-0.2, 0) is 23.8 Å². The smallest absolute Gasteiger partial charge is 0.173 e. The molecule has 0 aliphatic carbocycles. The van der Waals surface area contributed by atoms with Gasteiger partial charge in [0.1, 0.15) is 5.75 Å². The molecule has 0 unspecified atom stereocenters. The molecule has 0 fully saturated rings. The number of hydrogen-bond donors (Lipinski definition) is 2. The van der Waals surface area contributed by atoms with E-state index in [1.54, 1.807) is 0 Å². The summed E-state index contributed by atoms with van der Waals surface area (Å²) in [6.07, 6.45) is 9.76. The van der Waals surface area contributed by atoms with Gasteiger partial charge in [-0.3, -0.25) is 0 Å². The molecule has 0 amide bonds. The van der Waals surface area contributed by atoms with E-state index in [1.807, 2.05) is 0 Å². The molecule has 2 rings (SSSR count). The second-order valence-electron chi connectivity index (χ2n) is 10.3. The molecule has 3 nitrogen and oxygen atoms in total. The fraction of sp³-hybridized carbons (Fsp3) is 0.577. The van der Waals surface area contributed by atoms with Crippen LogP contribution in [0, 0.1) is 0 Å². The minimum atomic E-state index is -0.110. The first-order valence-electron chi connectivity index (χ1n) is 11.0. The lowest BCUT2D eigenvalue weighted by molar-refractivity contribution is -0.688. The van der Waals surface area contributed by atoms with Crippen molar-refractivity contribution in [1.29, 1.82) is 0 Å². The van der Waals surface area contributed by atoms with Gasteiger partial charge >= 0.3 is 0 Å². The van der Waals surface area contributed by atoms with Crippen LogP contribution in [0.3, 0.4) is 0 Å². The lowest BCUT2D eigenvalue weighted by atomic mass is 9.78. The van der Waals surface area contributed by atoms with Crippen molar-refractivity contribution in [2.75, 3.05) is 6.61 Å². The minimum Gasteiger partial charge on any atom is -1.00 e. The van der Waals surface area contributed by atoms with Crippen LogP contribution in [-0.4, -0.2) is 16.8 Å². The van der Waals surface area contributed by atoms with Gasteiger partial charge in [-0.15, -0.1) is 0 Å². The van der Waals surface area contributed by atoms with Gasteiger partial charge in [-0.2, -0.15) is 0 Å². The summed E-state index contributed by atoms with van der Waals surface area (Å²) >= 11 is 0. The third kappa shape index (κ3) is 7.59. The summed E-state index contributed by atoms with van der Waals surface area (Å²) < 4.78 is 2.24. The lowest BCUT2D eigenvalue weighted by Gasteiger charge is -2.27.